The minimum absolute atomic E-state index is 0.276. The van der Waals surface area contributed by atoms with E-state index in [2.05, 4.69) is 15.5 Å². The third kappa shape index (κ3) is 4.20. The molecule has 1 aromatic heterocycles. The van der Waals surface area contributed by atoms with E-state index in [0.717, 1.165) is 32.6 Å². The molecule has 1 fully saturated rings. The molecule has 0 saturated carbocycles. The first-order valence-corrected chi connectivity index (χ1v) is 10.1. The van der Waals surface area contributed by atoms with Gasteiger partial charge >= 0.3 is 0 Å². The Labute approximate surface area is 179 Å². The summed E-state index contributed by atoms with van der Waals surface area (Å²) in [6, 6.07) is 8.07. The van der Waals surface area contributed by atoms with Gasteiger partial charge < -0.3 is 25.0 Å². The minimum atomic E-state index is -0.463. The molecule has 9 heteroatoms. The SMILES string of the molecule is COc1cc2nc(N3CCCNCC3)nc(Nc3ccc(Cl)cc3F)c2cc1OC. The Bertz CT molecular complexity index is 1060. The highest BCUT2D eigenvalue weighted by molar-refractivity contribution is 6.30. The average molecular weight is 432 g/mol. The monoisotopic (exact) mass is 431 g/mol. The van der Waals surface area contributed by atoms with Crippen molar-refractivity contribution in [2.45, 2.75) is 6.42 Å². The fraction of sp³-hybridized carbons (Fsp3) is 0.333. The van der Waals surface area contributed by atoms with Crippen molar-refractivity contribution < 1.29 is 13.9 Å². The maximum atomic E-state index is 14.5. The summed E-state index contributed by atoms with van der Waals surface area (Å²) >= 11 is 5.89. The lowest BCUT2D eigenvalue weighted by molar-refractivity contribution is 0.356. The third-order valence-electron chi connectivity index (χ3n) is 5.00. The summed E-state index contributed by atoms with van der Waals surface area (Å²) in [4.78, 5) is 11.6. The molecule has 1 saturated heterocycles. The van der Waals surface area contributed by atoms with Crippen LogP contribution in [0, 0.1) is 5.82 Å². The molecule has 0 bridgehead atoms. The smallest absolute Gasteiger partial charge is 0.227 e. The summed E-state index contributed by atoms with van der Waals surface area (Å²) in [5, 5.41) is 7.50. The number of hydrogen-bond donors (Lipinski definition) is 2. The number of hydrogen-bond acceptors (Lipinski definition) is 7. The van der Waals surface area contributed by atoms with Crippen molar-refractivity contribution in [2.24, 2.45) is 0 Å². The van der Waals surface area contributed by atoms with Gasteiger partial charge in [-0.2, -0.15) is 4.98 Å². The number of anilines is 3. The molecule has 0 aliphatic carbocycles. The molecule has 0 radical (unpaired) electrons. The summed E-state index contributed by atoms with van der Waals surface area (Å²) in [6.45, 7) is 3.42. The molecule has 2 heterocycles. The molecule has 2 N–H and O–H groups in total. The predicted molar refractivity (Wildman–Crippen MR) is 117 cm³/mol. The van der Waals surface area contributed by atoms with Crippen LogP contribution in [0.5, 0.6) is 11.5 Å². The van der Waals surface area contributed by atoms with Gasteiger partial charge in [-0.05, 0) is 37.2 Å². The van der Waals surface area contributed by atoms with Crippen LogP contribution in [-0.2, 0) is 0 Å². The summed E-state index contributed by atoms with van der Waals surface area (Å²) in [6.07, 6.45) is 0.988. The van der Waals surface area contributed by atoms with Crippen LogP contribution in [0.1, 0.15) is 6.42 Å². The zero-order chi connectivity index (χ0) is 21.1. The normalized spacial score (nSPS) is 14.5. The first kappa shape index (κ1) is 20.4. The van der Waals surface area contributed by atoms with E-state index in [1.165, 1.54) is 6.07 Å². The molecule has 1 aliphatic rings. The highest BCUT2D eigenvalue weighted by Gasteiger charge is 2.18. The summed E-state index contributed by atoms with van der Waals surface area (Å²) in [7, 11) is 3.14. The first-order valence-electron chi connectivity index (χ1n) is 9.70. The number of nitrogens with zero attached hydrogens (tertiary/aromatic N) is 3. The van der Waals surface area contributed by atoms with Crippen molar-refractivity contribution in [3.63, 3.8) is 0 Å². The van der Waals surface area contributed by atoms with Crippen LogP contribution in [0.15, 0.2) is 30.3 Å². The van der Waals surface area contributed by atoms with Gasteiger partial charge in [-0.3, -0.25) is 0 Å². The van der Waals surface area contributed by atoms with Gasteiger partial charge in [-0.15, -0.1) is 0 Å². The van der Waals surface area contributed by atoms with Gasteiger partial charge in [0.15, 0.2) is 11.5 Å². The lowest BCUT2D eigenvalue weighted by Crippen LogP contribution is -2.29. The number of halogens is 2. The Balaban J connectivity index is 1.85. The fourth-order valence-electron chi connectivity index (χ4n) is 3.44. The lowest BCUT2D eigenvalue weighted by atomic mass is 10.2. The van der Waals surface area contributed by atoms with Crippen molar-refractivity contribution >= 4 is 40.0 Å². The standard InChI is InChI=1S/C21H23ClFN5O2/c1-29-18-11-14-17(12-19(18)30-2)26-21(28-8-3-6-24-7-9-28)27-20(14)25-16-5-4-13(22)10-15(16)23/h4-5,10-12,24H,3,6-9H2,1-2H3,(H,25,26,27). The van der Waals surface area contributed by atoms with Gasteiger partial charge in [-0.25, -0.2) is 9.37 Å². The number of ether oxygens (including phenoxy) is 2. The fourth-order valence-corrected chi connectivity index (χ4v) is 3.60. The Morgan fingerprint density at radius 1 is 1.07 bits per heavy atom. The van der Waals surface area contributed by atoms with Crippen LogP contribution >= 0.6 is 11.6 Å². The van der Waals surface area contributed by atoms with E-state index in [9.17, 15) is 4.39 Å². The topological polar surface area (TPSA) is 71.5 Å². The number of rotatable bonds is 5. The second kappa shape index (κ2) is 8.89. The second-order valence-corrected chi connectivity index (χ2v) is 7.37. The summed E-state index contributed by atoms with van der Waals surface area (Å²) in [5.74, 6) is 1.70. The van der Waals surface area contributed by atoms with Crippen LogP contribution in [0.3, 0.4) is 0 Å². The molecule has 2 aromatic carbocycles. The van der Waals surface area contributed by atoms with Gasteiger partial charge in [0.25, 0.3) is 0 Å². The van der Waals surface area contributed by atoms with Crippen LogP contribution < -0.4 is 25.0 Å². The highest BCUT2D eigenvalue weighted by Crippen LogP contribution is 2.36. The second-order valence-electron chi connectivity index (χ2n) is 6.94. The van der Waals surface area contributed by atoms with Crippen LogP contribution in [-0.4, -0.2) is 50.4 Å². The van der Waals surface area contributed by atoms with Crippen molar-refractivity contribution in [2.75, 3.05) is 50.6 Å². The van der Waals surface area contributed by atoms with Crippen LogP contribution in [0.25, 0.3) is 10.9 Å². The maximum Gasteiger partial charge on any atom is 0.227 e. The molecule has 30 heavy (non-hydrogen) atoms. The molecule has 0 unspecified atom stereocenters. The molecule has 4 rings (SSSR count). The average Bonchev–Trinajstić information content (AvgIpc) is 3.04. The predicted octanol–water partition coefficient (Wildman–Crippen LogP) is 3.98. The molecular weight excluding hydrogens is 409 g/mol. The van der Waals surface area contributed by atoms with Crippen LogP contribution in [0.4, 0.5) is 21.8 Å². The zero-order valence-corrected chi connectivity index (χ0v) is 17.6. The van der Waals surface area contributed by atoms with E-state index >= 15 is 0 Å². The molecule has 0 atom stereocenters. The van der Waals surface area contributed by atoms with Crippen LogP contribution in [0.2, 0.25) is 5.02 Å². The Morgan fingerprint density at radius 3 is 2.63 bits per heavy atom. The Morgan fingerprint density at radius 2 is 1.87 bits per heavy atom. The first-order chi connectivity index (χ1) is 14.6. The quantitative estimate of drug-likeness (QED) is 0.633. The van der Waals surface area contributed by atoms with Gasteiger partial charge in [0.05, 0.1) is 25.4 Å². The summed E-state index contributed by atoms with van der Waals surface area (Å²) < 4.78 is 25.3. The third-order valence-corrected chi connectivity index (χ3v) is 5.23. The molecule has 0 amide bonds. The van der Waals surface area contributed by atoms with E-state index in [-0.39, 0.29) is 5.69 Å². The van der Waals surface area contributed by atoms with Crippen molar-refractivity contribution in [3.05, 3.63) is 41.2 Å². The Kier molecular flexibility index (Phi) is 6.06. The van der Waals surface area contributed by atoms with Gasteiger partial charge in [0.1, 0.15) is 11.6 Å². The number of fused-ring (bicyclic) bond motifs is 1. The number of aromatic nitrogens is 2. The lowest BCUT2D eigenvalue weighted by Gasteiger charge is -2.22. The molecule has 0 spiro atoms. The summed E-state index contributed by atoms with van der Waals surface area (Å²) in [5.41, 5.74) is 0.949. The maximum absolute atomic E-state index is 14.5. The largest absolute Gasteiger partial charge is 0.493 e. The van der Waals surface area contributed by atoms with E-state index in [1.807, 2.05) is 0 Å². The number of methoxy groups -OCH3 is 2. The molecule has 7 nitrogen and oxygen atoms in total. The van der Waals surface area contributed by atoms with Gasteiger partial charge in [-0.1, -0.05) is 11.6 Å². The van der Waals surface area contributed by atoms with E-state index < -0.39 is 5.82 Å². The van der Waals surface area contributed by atoms with E-state index in [1.54, 1.807) is 38.5 Å². The molecule has 158 valence electrons. The van der Waals surface area contributed by atoms with E-state index in [0.29, 0.717) is 39.2 Å². The molecule has 3 aromatic rings. The van der Waals surface area contributed by atoms with E-state index in [4.69, 9.17) is 31.0 Å². The molecular formula is C21H23ClFN5O2. The zero-order valence-electron chi connectivity index (χ0n) is 16.8. The van der Waals surface area contributed by atoms with Gasteiger partial charge in [0, 0.05) is 36.1 Å². The van der Waals surface area contributed by atoms with Crippen molar-refractivity contribution in [3.8, 4) is 11.5 Å². The molecule has 1 aliphatic heterocycles. The Hall–Kier alpha value is -2.84. The van der Waals surface area contributed by atoms with Gasteiger partial charge in [0.2, 0.25) is 5.95 Å². The minimum Gasteiger partial charge on any atom is -0.493 e. The highest BCUT2D eigenvalue weighted by atomic mass is 35.5. The number of nitrogens with one attached hydrogen (secondary N) is 2. The van der Waals surface area contributed by atoms with Crippen molar-refractivity contribution in [1.29, 1.82) is 0 Å². The van der Waals surface area contributed by atoms with Crippen molar-refractivity contribution in [1.82, 2.24) is 15.3 Å². The number of benzene rings is 2.